The van der Waals surface area contributed by atoms with E-state index in [0.29, 0.717) is 27.7 Å². The molecule has 1 aromatic heterocycles. The highest BCUT2D eigenvalue weighted by Crippen LogP contribution is 2.25. The van der Waals surface area contributed by atoms with Gasteiger partial charge in [-0.3, -0.25) is 9.10 Å². The van der Waals surface area contributed by atoms with Gasteiger partial charge in [0.15, 0.2) is 0 Å². The number of aryl methyl sites for hydroxylation is 1. The van der Waals surface area contributed by atoms with E-state index in [1.165, 1.54) is 4.31 Å². The fourth-order valence-electron chi connectivity index (χ4n) is 3.50. The predicted molar refractivity (Wildman–Crippen MR) is 135 cm³/mol. The maximum Gasteiger partial charge on any atom is 0.256 e. The molecule has 0 aliphatic carbocycles. The van der Waals surface area contributed by atoms with E-state index < -0.39 is 10.0 Å². The predicted octanol–water partition coefficient (Wildman–Crippen LogP) is 5.05. The van der Waals surface area contributed by atoms with Gasteiger partial charge in [-0.25, -0.2) is 13.1 Å². The Balaban J connectivity index is 1.56. The summed E-state index contributed by atoms with van der Waals surface area (Å²) < 4.78 is 27.9. The molecule has 0 aliphatic heterocycles. The molecule has 0 aliphatic rings. The summed E-state index contributed by atoms with van der Waals surface area (Å²) in [6, 6.07) is 24.7. The Labute approximate surface area is 203 Å². The molecule has 0 bridgehead atoms. The molecule has 0 saturated carbocycles. The number of hydrogen-bond acceptors (Lipinski definition) is 4. The maximum absolute atomic E-state index is 12.9. The Bertz CT molecular complexity index is 1420. The second-order valence-corrected chi connectivity index (χ2v) is 10.1. The second-order valence-electron chi connectivity index (χ2n) is 7.78. The van der Waals surface area contributed by atoms with Crippen LogP contribution in [0.2, 0.25) is 5.02 Å². The van der Waals surface area contributed by atoms with Gasteiger partial charge in [-0.15, -0.1) is 0 Å². The van der Waals surface area contributed by atoms with Crippen LogP contribution in [0.25, 0.3) is 5.69 Å². The zero-order chi connectivity index (χ0) is 24.3. The molecule has 0 radical (unpaired) electrons. The number of benzene rings is 3. The van der Waals surface area contributed by atoms with Crippen molar-refractivity contribution in [1.29, 1.82) is 0 Å². The minimum absolute atomic E-state index is 0.0829. The molecule has 7 nitrogen and oxygen atoms in total. The van der Waals surface area contributed by atoms with Crippen LogP contribution in [0.4, 0.5) is 11.5 Å². The lowest BCUT2D eigenvalue weighted by Gasteiger charge is -2.23. The molecule has 34 heavy (non-hydrogen) atoms. The number of hydrogen-bond donors (Lipinski definition) is 1. The monoisotopic (exact) mass is 494 g/mol. The SMILES string of the molecule is Cc1cc(NC(=O)c2ccc(N(Cc3ccccc3Cl)S(C)(=O)=O)cc2)n(-c2ccccc2)n1. The molecule has 174 valence electrons. The molecule has 4 rings (SSSR count). The van der Waals surface area contributed by atoms with Gasteiger partial charge in [0.1, 0.15) is 5.82 Å². The number of nitrogens with zero attached hydrogens (tertiary/aromatic N) is 3. The fourth-order valence-corrected chi connectivity index (χ4v) is 4.58. The Hall–Kier alpha value is -3.62. The van der Waals surface area contributed by atoms with Gasteiger partial charge in [0.2, 0.25) is 10.0 Å². The molecule has 1 heterocycles. The Morgan fingerprint density at radius 3 is 2.29 bits per heavy atom. The van der Waals surface area contributed by atoms with Gasteiger partial charge in [-0.2, -0.15) is 5.10 Å². The summed E-state index contributed by atoms with van der Waals surface area (Å²) in [6.07, 6.45) is 1.14. The van der Waals surface area contributed by atoms with Gasteiger partial charge >= 0.3 is 0 Å². The third kappa shape index (κ3) is 5.30. The Kier molecular flexibility index (Phi) is 6.72. The van der Waals surface area contributed by atoms with Gasteiger partial charge in [-0.1, -0.05) is 48.0 Å². The minimum atomic E-state index is -3.59. The number of nitrogens with one attached hydrogen (secondary N) is 1. The summed E-state index contributed by atoms with van der Waals surface area (Å²) >= 11 is 6.23. The third-order valence-electron chi connectivity index (χ3n) is 5.16. The highest BCUT2D eigenvalue weighted by Gasteiger charge is 2.20. The molecule has 3 aromatic carbocycles. The number of carbonyl (C=O) groups excluding carboxylic acids is 1. The van der Waals surface area contributed by atoms with Crippen molar-refractivity contribution in [3.63, 3.8) is 0 Å². The summed E-state index contributed by atoms with van der Waals surface area (Å²) in [5.41, 5.74) is 3.08. The highest BCUT2D eigenvalue weighted by molar-refractivity contribution is 7.92. The van der Waals surface area contributed by atoms with Crippen LogP contribution in [0.1, 0.15) is 21.6 Å². The van der Waals surface area contributed by atoms with E-state index in [2.05, 4.69) is 10.4 Å². The molecular weight excluding hydrogens is 472 g/mol. The van der Waals surface area contributed by atoms with Crippen molar-refractivity contribution >= 4 is 39.0 Å². The number of rotatable bonds is 7. The molecule has 0 spiro atoms. The molecular formula is C25H23ClN4O3S. The Morgan fingerprint density at radius 1 is 1.00 bits per heavy atom. The van der Waals surface area contributed by atoms with E-state index in [-0.39, 0.29) is 12.5 Å². The summed E-state index contributed by atoms with van der Waals surface area (Å²) in [5.74, 6) is 0.204. The van der Waals surface area contributed by atoms with Crippen molar-refractivity contribution in [2.45, 2.75) is 13.5 Å². The van der Waals surface area contributed by atoms with Crippen LogP contribution in [-0.2, 0) is 16.6 Å². The average molecular weight is 495 g/mol. The Morgan fingerprint density at radius 2 is 1.65 bits per heavy atom. The van der Waals surface area contributed by atoms with E-state index in [1.54, 1.807) is 59.3 Å². The van der Waals surface area contributed by atoms with Gasteiger partial charge in [0, 0.05) is 16.7 Å². The highest BCUT2D eigenvalue weighted by atomic mass is 35.5. The summed E-state index contributed by atoms with van der Waals surface area (Å²) in [6.45, 7) is 1.93. The molecule has 9 heteroatoms. The van der Waals surface area contributed by atoms with E-state index in [1.807, 2.05) is 37.3 Å². The van der Waals surface area contributed by atoms with Crippen LogP contribution in [0.5, 0.6) is 0 Å². The largest absolute Gasteiger partial charge is 0.306 e. The van der Waals surface area contributed by atoms with Crippen LogP contribution in [-0.4, -0.2) is 30.4 Å². The molecule has 1 amide bonds. The first kappa shape index (κ1) is 23.5. The molecule has 1 N–H and O–H groups in total. The first-order valence-corrected chi connectivity index (χ1v) is 12.7. The molecule has 0 fully saturated rings. The third-order valence-corrected chi connectivity index (χ3v) is 6.67. The summed E-state index contributed by atoms with van der Waals surface area (Å²) in [5, 5.41) is 7.83. The first-order valence-electron chi connectivity index (χ1n) is 10.5. The van der Waals surface area contributed by atoms with E-state index in [4.69, 9.17) is 11.6 Å². The normalized spacial score (nSPS) is 11.3. The minimum Gasteiger partial charge on any atom is -0.306 e. The molecule has 0 unspecified atom stereocenters. The number of para-hydroxylation sites is 1. The number of sulfonamides is 1. The van der Waals surface area contributed by atoms with E-state index >= 15 is 0 Å². The average Bonchev–Trinajstić information content (AvgIpc) is 3.18. The quantitative estimate of drug-likeness (QED) is 0.389. The number of carbonyl (C=O) groups is 1. The molecule has 4 aromatic rings. The van der Waals surface area contributed by atoms with E-state index in [9.17, 15) is 13.2 Å². The lowest BCUT2D eigenvalue weighted by Crippen LogP contribution is -2.29. The van der Waals surface area contributed by atoms with Crippen molar-refractivity contribution in [3.8, 4) is 5.69 Å². The smallest absolute Gasteiger partial charge is 0.256 e. The standard InChI is InChI=1S/C25H23ClN4O3S/c1-18-16-24(30(28-18)22-9-4-3-5-10-22)27-25(31)19-12-14-21(15-13-19)29(34(2,32)33)17-20-8-6-7-11-23(20)26/h3-16H,17H2,1-2H3,(H,27,31). The van der Waals surface area contributed by atoms with Crippen LogP contribution in [0.3, 0.4) is 0 Å². The lowest BCUT2D eigenvalue weighted by molar-refractivity contribution is 0.102. The topological polar surface area (TPSA) is 84.3 Å². The molecule has 0 atom stereocenters. The number of aromatic nitrogens is 2. The van der Waals surface area contributed by atoms with Crippen molar-refractivity contribution in [2.75, 3.05) is 15.9 Å². The lowest BCUT2D eigenvalue weighted by atomic mass is 10.1. The van der Waals surface area contributed by atoms with Gasteiger partial charge in [0.25, 0.3) is 5.91 Å². The zero-order valence-corrected chi connectivity index (χ0v) is 20.2. The maximum atomic E-state index is 12.9. The summed E-state index contributed by atoms with van der Waals surface area (Å²) in [4.78, 5) is 12.9. The zero-order valence-electron chi connectivity index (χ0n) is 18.6. The fraction of sp³-hybridized carbons (Fsp3) is 0.120. The van der Waals surface area contributed by atoms with Crippen LogP contribution in [0.15, 0.2) is 84.9 Å². The van der Waals surface area contributed by atoms with Crippen molar-refractivity contribution in [3.05, 3.63) is 107 Å². The number of amides is 1. The van der Waals surface area contributed by atoms with Gasteiger partial charge < -0.3 is 5.32 Å². The van der Waals surface area contributed by atoms with Crippen LogP contribution < -0.4 is 9.62 Å². The first-order chi connectivity index (χ1) is 16.2. The van der Waals surface area contributed by atoms with Crippen molar-refractivity contribution in [2.24, 2.45) is 0 Å². The van der Waals surface area contributed by atoms with Crippen molar-refractivity contribution < 1.29 is 13.2 Å². The number of anilines is 2. The van der Waals surface area contributed by atoms with Gasteiger partial charge in [-0.05, 0) is 55.0 Å². The van der Waals surface area contributed by atoms with Gasteiger partial charge in [0.05, 0.1) is 29.9 Å². The summed E-state index contributed by atoms with van der Waals surface area (Å²) in [7, 11) is -3.59. The van der Waals surface area contributed by atoms with Crippen molar-refractivity contribution in [1.82, 2.24) is 9.78 Å². The van der Waals surface area contributed by atoms with Crippen LogP contribution >= 0.6 is 11.6 Å². The molecule has 0 saturated heterocycles. The van der Waals surface area contributed by atoms with Crippen LogP contribution in [0, 0.1) is 6.92 Å². The second kappa shape index (κ2) is 9.70. The van der Waals surface area contributed by atoms with E-state index in [0.717, 1.165) is 17.6 Å². The number of halogens is 1.